The molecule has 0 saturated carbocycles. The summed E-state index contributed by atoms with van der Waals surface area (Å²) < 4.78 is 11.3. The number of rotatable bonds is 3. The van der Waals surface area contributed by atoms with Crippen LogP contribution in [0.1, 0.15) is 86.3 Å². The molecule has 30 heavy (non-hydrogen) atoms. The van der Waals surface area contributed by atoms with Gasteiger partial charge in [0, 0.05) is 24.3 Å². The fraction of sp³-hybridized carbons (Fsp3) is 0.696. The van der Waals surface area contributed by atoms with E-state index < -0.39 is 17.3 Å². The van der Waals surface area contributed by atoms with Gasteiger partial charge in [0.2, 0.25) is 0 Å². The molecule has 0 spiro atoms. The molecule has 1 aromatic rings. The number of amides is 2. The number of ether oxygens (including phenoxy) is 2. The van der Waals surface area contributed by atoms with Crippen LogP contribution in [0.4, 0.5) is 15.4 Å². The highest BCUT2D eigenvalue weighted by molar-refractivity contribution is 5.88. The van der Waals surface area contributed by atoms with Gasteiger partial charge in [-0.25, -0.2) is 14.6 Å². The Bertz CT molecular complexity index is 750. The quantitative estimate of drug-likeness (QED) is 0.629. The first-order chi connectivity index (χ1) is 13.8. The van der Waals surface area contributed by atoms with E-state index in [2.05, 4.69) is 4.98 Å². The van der Waals surface area contributed by atoms with Crippen LogP contribution >= 0.6 is 0 Å². The number of aromatic nitrogens is 1. The van der Waals surface area contributed by atoms with Crippen molar-refractivity contribution >= 4 is 18.0 Å². The van der Waals surface area contributed by atoms with E-state index in [-0.39, 0.29) is 18.2 Å². The Morgan fingerprint density at radius 2 is 1.73 bits per heavy atom. The maximum Gasteiger partial charge on any atom is 0.416 e. The summed E-state index contributed by atoms with van der Waals surface area (Å²) in [5.41, 5.74) is -0.355. The summed E-state index contributed by atoms with van der Waals surface area (Å²) in [6.07, 6.45) is 3.59. The first-order valence-electron chi connectivity index (χ1n) is 10.8. The summed E-state index contributed by atoms with van der Waals surface area (Å²) in [5.74, 6) is 0.530. The Balaban J connectivity index is 2.44. The lowest BCUT2D eigenvalue weighted by Crippen LogP contribution is -2.44. The highest BCUT2D eigenvalue weighted by Gasteiger charge is 2.36. The number of nitrogens with zero attached hydrogens (tertiary/aromatic N) is 3. The fourth-order valence-corrected chi connectivity index (χ4v) is 3.52. The van der Waals surface area contributed by atoms with Crippen molar-refractivity contribution in [1.29, 1.82) is 0 Å². The number of piperidine rings is 1. The van der Waals surface area contributed by atoms with Crippen molar-refractivity contribution in [3.8, 4) is 0 Å². The highest BCUT2D eigenvalue weighted by Crippen LogP contribution is 2.37. The van der Waals surface area contributed by atoms with Gasteiger partial charge in [-0.15, -0.1) is 0 Å². The SMILES string of the molecule is CC(C)N(C(=O)OC(C)(C)C)c1ncccc1[C@@H]1CCCCN1C(=O)OC(C)(C)C. The van der Waals surface area contributed by atoms with Crippen molar-refractivity contribution in [3.63, 3.8) is 0 Å². The van der Waals surface area contributed by atoms with Crippen LogP contribution in [0.3, 0.4) is 0 Å². The number of carbonyl (C=O) groups excluding carboxylic acids is 2. The van der Waals surface area contributed by atoms with Crippen molar-refractivity contribution in [1.82, 2.24) is 9.88 Å². The van der Waals surface area contributed by atoms with Crippen molar-refractivity contribution in [3.05, 3.63) is 23.9 Å². The Kier molecular flexibility index (Phi) is 7.37. The number of likely N-dealkylation sites (tertiary alicyclic amines) is 1. The second-order valence-electron chi connectivity index (χ2n) is 10.0. The molecule has 0 bridgehead atoms. The second kappa shape index (κ2) is 9.23. The van der Waals surface area contributed by atoms with E-state index in [1.807, 2.05) is 67.5 Å². The van der Waals surface area contributed by atoms with Gasteiger partial charge in [-0.2, -0.15) is 0 Å². The van der Waals surface area contributed by atoms with Crippen molar-refractivity contribution < 1.29 is 19.1 Å². The average molecular weight is 420 g/mol. The summed E-state index contributed by atoms with van der Waals surface area (Å²) in [4.78, 5) is 33.8. The topological polar surface area (TPSA) is 72.0 Å². The smallest absolute Gasteiger partial charge is 0.416 e. The van der Waals surface area contributed by atoms with E-state index in [1.54, 1.807) is 16.0 Å². The van der Waals surface area contributed by atoms with Crippen molar-refractivity contribution in [2.45, 2.75) is 97.9 Å². The van der Waals surface area contributed by atoms with Gasteiger partial charge >= 0.3 is 12.2 Å². The molecule has 7 nitrogen and oxygen atoms in total. The van der Waals surface area contributed by atoms with Gasteiger partial charge in [0.25, 0.3) is 0 Å². The van der Waals surface area contributed by atoms with Gasteiger partial charge in [-0.3, -0.25) is 4.90 Å². The summed E-state index contributed by atoms with van der Waals surface area (Å²) in [6.45, 7) is 15.6. The number of hydrogen-bond acceptors (Lipinski definition) is 5. The van der Waals surface area contributed by atoms with Gasteiger partial charge in [0.15, 0.2) is 0 Å². The van der Waals surface area contributed by atoms with Crippen LogP contribution in [0.25, 0.3) is 0 Å². The minimum atomic E-state index is -0.618. The van der Waals surface area contributed by atoms with Crippen LogP contribution in [0, 0.1) is 0 Å². The lowest BCUT2D eigenvalue weighted by molar-refractivity contribution is 0.00955. The molecule has 0 N–H and O–H groups in total. The van der Waals surface area contributed by atoms with Crippen LogP contribution < -0.4 is 4.90 Å². The third-order valence-electron chi connectivity index (χ3n) is 4.64. The third-order valence-corrected chi connectivity index (χ3v) is 4.64. The molecule has 2 amide bonds. The van der Waals surface area contributed by atoms with Crippen molar-refractivity contribution in [2.24, 2.45) is 0 Å². The van der Waals surface area contributed by atoms with Crippen LogP contribution in [-0.2, 0) is 9.47 Å². The van der Waals surface area contributed by atoms with Gasteiger partial charge in [-0.05, 0) is 80.7 Å². The van der Waals surface area contributed by atoms with E-state index in [9.17, 15) is 9.59 Å². The molecule has 1 aliphatic heterocycles. The van der Waals surface area contributed by atoms with E-state index in [4.69, 9.17) is 9.47 Å². The first kappa shape index (κ1) is 24.0. The summed E-state index contributed by atoms with van der Waals surface area (Å²) in [5, 5.41) is 0. The Hall–Kier alpha value is -2.31. The standard InChI is InChI=1S/C23H37N3O4/c1-16(2)26(21(28)30-23(6,7)8)19-17(12-11-14-24-19)18-13-9-10-15-25(18)20(27)29-22(3,4)5/h11-12,14,16,18H,9-10,13,15H2,1-8H3/t18-/m0/s1. The molecule has 1 atom stereocenters. The molecular formula is C23H37N3O4. The predicted molar refractivity (Wildman–Crippen MR) is 118 cm³/mol. The molecule has 1 aliphatic rings. The maximum absolute atomic E-state index is 13.0. The van der Waals surface area contributed by atoms with Gasteiger partial charge in [0.1, 0.15) is 17.0 Å². The molecule has 7 heteroatoms. The normalized spacial score (nSPS) is 17.6. The molecule has 1 aromatic heterocycles. The molecule has 2 heterocycles. The lowest BCUT2D eigenvalue weighted by Gasteiger charge is -2.39. The van der Waals surface area contributed by atoms with E-state index >= 15 is 0 Å². The first-order valence-corrected chi connectivity index (χ1v) is 10.8. The monoisotopic (exact) mass is 419 g/mol. The number of carbonyl (C=O) groups is 2. The van der Waals surface area contributed by atoms with Crippen LogP contribution in [0.15, 0.2) is 18.3 Å². The Morgan fingerprint density at radius 1 is 1.10 bits per heavy atom. The van der Waals surface area contributed by atoms with Crippen LogP contribution in [0.2, 0.25) is 0 Å². The number of pyridine rings is 1. The lowest BCUT2D eigenvalue weighted by atomic mass is 9.95. The number of hydrogen-bond donors (Lipinski definition) is 0. The molecule has 0 aliphatic carbocycles. The average Bonchev–Trinajstić information content (AvgIpc) is 2.59. The molecule has 0 aromatic carbocycles. The summed E-state index contributed by atoms with van der Waals surface area (Å²) in [7, 11) is 0. The zero-order valence-corrected chi connectivity index (χ0v) is 19.7. The molecule has 0 radical (unpaired) electrons. The largest absolute Gasteiger partial charge is 0.444 e. The minimum Gasteiger partial charge on any atom is -0.444 e. The van der Waals surface area contributed by atoms with Gasteiger partial charge in [-0.1, -0.05) is 6.07 Å². The molecule has 1 saturated heterocycles. The maximum atomic E-state index is 13.0. The molecule has 168 valence electrons. The van der Waals surface area contributed by atoms with Crippen molar-refractivity contribution in [2.75, 3.05) is 11.4 Å². The van der Waals surface area contributed by atoms with E-state index in [0.717, 1.165) is 24.8 Å². The van der Waals surface area contributed by atoms with Gasteiger partial charge in [0.05, 0.1) is 6.04 Å². The zero-order valence-electron chi connectivity index (χ0n) is 19.7. The highest BCUT2D eigenvalue weighted by atomic mass is 16.6. The summed E-state index contributed by atoms with van der Waals surface area (Å²) >= 11 is 0. The van der Waals surface area contributed by atoms with Crippen LogP contribution in [-0.4, -0.2) is 45.9 Å². The predicted octanol–water partition coefficient (Wildman–Crippen LogP) is 5.69. The second-order valence-corrected chi connectivity index (χ2v) is 10.0. The van der Waals surface area contributed by atoms with Gasteiger partial charge < -0.3 is 14.4 Å². The Labute approximate surface area is 180 Å². The molecule has 1 fully saturated rings. The number of anilines is 1. The molecular weight excluding hydrogens is 382 g/mol. The minimum absolute atomic E-state index is 0.160. The zero-order chi connectivity index (χ0) is 22.7. The Morgan fingerprint density at radius 3 is 2.30 bits per heavy atom. The van der Waals surface area contributed by atoms with E-state index in [0.29, 0.717) is 12.4 Å². The summed E-state index contributed by atoms with van der Waals surface area (Å²) in [6, 6.07) is 3.41. The van der Waals surface area contributed by atoms with E-state index in [1.165, 1.54) is 0 Å². The molecule has 0 unspecified atom stereocenters. The van der Waals surface area contributed by atoms with Crippen LogP contribution in [0.5, 0.6) is 0 Å². The third kappa shape index (κ3) is 6.34. The fourth-order valence-electron chi connectivity index (χ4n) is 3.52. The molecule has 2 rings (SSSR count).